The molecular formula is C16H16N2O4. The Labute approximate surface area is 124 Å². The first kappa shape index (κ1) is 14.4. The van der Waals surface area contributed by atoms with Gasteiger partial charge in [-0.15, -0.1) is 0 Å². The smallest absolute Gasteiger partial charge is 0.261 e. The summed E-state index contributed by atoms with van der Waals surface area (Å²) in [6.45, 7) is 6.97. The van der Waals surface area contributed by atoms with Gasteiger partial charge in [0.05, 0.1) is 21.5 Å². The second-order valence-corrected chi connectivity index (χ2v) is 6.09. The Morgan fingerprint density at radius 2 is 0.818 bits per heavy atom. The van der Waals surface area contributed by atoms with Crippen LogP contribution in [0.15, 0.2) is 31.3 Å². The topological polar surface area (TPSA) is 78.1 Å². The largest absolute Gasteiger partial charge is 0.272 e. The lowest BCUT2D eigenvalue weighted by molar-refractivity contribution is 0.573. The molecule has 114 valence electrons. The van der Waals surface area contributed by atoms with Crippen LogP contribution >= 0.6 is 0 Å². The first-order valence-corrected chi connectivity index (χ1v) is 7.19. The molecule has 0 fully saturated rings. The van der Waals surface area contributed by atoms with E-state index < -0.39 is 22.2 Å². The van der Waals surface area contributed by atoms with Crippen LogP contribution in [-0.2, 0) is 0 Å². The molecule has 3 aromatic rings. The van der Waals surface area contributed by atoms with Crippen molar-refractivity contribution >= 4 is 21.5 Å². The van der Waals surface area contributed by atoms with Crippen molar-refractivity contribution < 1.29 is 0 Å². The van der Waals surface area contributed by atoms with Crippen molar-refractivity contribution in [2.24, 2.45) is 0 Å². The highest BCUT2D eigenvalue weighted by molar-refractivity contribution is 5.97. The Morgan fingerprint density at radius 3 is 1.00 bits per heavy atom. The van der Waals surface area contributed by atoms with E-state index in [2.05, 4.69) is 0 Å². The average Bonchev–Trinajstić information content (AvgIpc) is 2.82. The molecule has 1 aromatic carbocycles. The van der Waals surface area contributed by atoms with Gasteiger partial charge in [-0.2, -0.15) is 0 Å². The third kappa shape index (κ3) is 1.66. The molecule has 22 heavy (non-hydrogen) atoms. The molecule has 6 nitrogen and oxygen atoms in total. The minimum absolute atomic E-state index is 0.198. The second kappa shape index (κ2) is 4.50. The molecule has 0 aliphatic heterocycles. The van der Waals surface area contributed by atoms with Gasteiger partial charge in [-0.25, -0.2) is 0 Å². The number of nitrogens with zero attached hydrogens (tertiary/aromatic N) is 2. The number of hydrogen-bond donors (Lipinski definition) is 0. The molecule has 0 amide bonds. The molecule has 0 unspecified atom stereocenters. The Morgan fingerprint density at radius 1 is 0.591 bits per heavy atom. The predicted octanol–water partition coefficient (Wildman–Crippen LogP) is 1.07. The molecule has 0 aliphatic rings. The van der Waals surface area contributed by atoms with E-state index in [0.717, 1.165) is 9.13 Å². The van der Waals surface area contributed by atoms with Gasteiger partial charge < -0.3 is 0 Å². The van der Waals surface area contributed by atoms with Crippen molar-refractivity contribution in [3.8, 4) is 0 Å². The highest BCUT2D eigenvalue weighted by Gasteiger charge is 2.20. The van der Waals surface area contributed by atoms with Crippen LogP contribution in [0, 0.1) is 0 Å². The maximum Gasteiger partial charge on any atom is 0.261 e. The van der Waals surface area contributed by atoms with Crippen LogP contribution in [0.4, 0.5) is 0 Å². The second-order valence-electron chi connectivity index (χ2n) is 6.09. The van der Waals surface area contributed by atoms with Crippen LogP contribution in [0.2, 0.25) is 0 Å². The third-order valence-corrected chi connectivity index (χ3v) is 3.99. The molecule has 0 spiro atoms. The molecule has 0 atom stereocenters. The van der Waals surface area contributed by atoms with E-state index in [9.17, 15) is 19.2 Å². The van der Waals surface area contributed by atoms with Crippen molar-refractivity contribution in [3.63, 3.8) is 0 Å². The van der Waals surface area contributed by atoms with Gasteiger partial charge in [0, 0.05) is 12.1 Å². The molecule has 0 saturated carbocycles. The minimum atomic E-state index is -0.416. The van der Waals surface area contributed by atoms with E-state index in [-0.39, 0.29) is 33.6 Å². The van der Waals surface area contributed by atoms with Gasteiger partial charge in [-0.3, -0.25) is 28.3 Å². The molecule has 2 aromatic heterocycles. The zero-order valence-corrected chi connectivity index (χ0v) is 12.8. The first-order valence-electron chi connectivity index (χ1n) is 7.19. The van der Waals surface area contributed by atoms with Crippen LogP contribution in [0.25, 0.3) is 21.5 Å². The number of hydrogen-bond acceptors (Lipinski definition) is 4. The zero-order valence-electron chi connectivity index (χ0n) is 12.8. The fourth-order valence-electron chi connectivity index (χ4n) is 2.95. The number of fused-ring (bicyclic) bond motifs is 2. The lowest BCUT2D eigenvalue weighted by Gasteiger charge is -2.02. The maximum atomic E-state index is 12.3. The number of aromatic nitrogens is 2. The van der Waals surface area contributed by atoms with E-state index in [1.807, 2.05) is 0 Å². The van der Waals surface area contributed by atoms with Gasteiger partial charge in [0.15, 0.2) is 0 Å². The standard InChI is InChI=1S/C16H16N2O4/c1-7(2)17-13(19)9-5-11-12(6-10(9)14(17)20)16(22)18(8(3)4)15(11)21/h5-8H,1-4H3. The van der Waals surface area contributed by atoms with E-state index in [4.69, 9.17) is 0 Å². The molecule has 0 aliphatic carbocycles. The monoisotopic (exact) mass is 300 g/mol. The summed E-state index contributed by atoms with van der Waals surface area (Å²) >= 11 is 0. The summed E-state index contributed by atoms with van der Waals surface area (Å²) in [6, 6.07) is 2.22. The third-order valence-electron chi connectivity index (χ3n) is 3.99. The highest BCUT2D eigenvalue weighted by Crippen LogP contribution is 2.16. The molecule has 0 bridgehead atoms. The van der Waals surface area contributed by atoms with Gasteiger partial charge in [0.2, 0.25) is 0 Å². The molecule has 0 saturated heterocycles. The summed E-state index contributed by atoms with van der Waals surface area (Å²) in [7, 11) is 0. The Kier molecular flexibility index (Phi) is 2.95. The molecule has 2 heterocycles. The van der Waals surface area contributed by atoms with Gasteiger partial charge in [0.1, 0.15) is 0 Å². The lowest BCUT2D eigenvalue weighted by Crippen LogP contribution is -2.27. The summed E-state index contributed by atoms with van der Waals surface area (Å²) in [5, 5.41) is 0.793. The Bertz CT molecular complexity index is 941. The van der Waals surface area contributed by atoms with Crippen LogP contribution < -0.4 is 22.2 Å². The molecule has 6 heteroatoms. The summed E-state index contributed by atoms with van der Waals surface area (Å²) in [4.78, 5) is 49.4. The van der Waals surface area contributed by atoms with Crippen LogP contribution in [0.5, 0.6) is 0 Å². The minimum Gasteiger partial charge on any atom is -0.272 e. The summed E-state index contributed by atoms with van der Waals surface area (Å²) < 4.78 is 2.30. The van der Waals surface area contributed by atoms with Crippen molar-refractivity contribution in [1.82, 2.24) is 9.13 Å². The van der Waals surface area contributed by atoms with E-state index in [0.29, 0.717) is 0 Å². The van der Waals surface area contributed by atoms with Crippen molar-refractivity contribution in [1.29, 1.82) is 0 Å². The quantitative estimate of drug-likeness (QED) is 0.709. The highest BCUT2D eigenvalue weighted by atomic mass is 16.2. The predicted molar refractivity (Wildman–Crippen MR) is 85.7 cm³/mol. The van der Waals surface area contributed by atoms with Gasteiger partial charge in [0.25, 0.3) is 22.2 Å². The summed E-state index contributed by atoms with van der Waals surface area (Å²) in [5.74, 6) is 0. The fourth-order valence-corrected chi connectivity index (χ4v) is 2.95. The fraction of sp³-hybridized carbons (Fsp3) is 0.375. The number of benzene rings is 1. The van der Waals surface area contributed by atoms with Gasteiger partial charge in [-0.1, -0.05) is 0 Å². The SMILES string of the molecule is CC(C)n1c(=O)c2cc3c(=O)n(C(C)C)c(=O)c3cc2c1=O. The Balaban J connectivity index is 2.58. The van der Waals surface area contributed by atoms with E-state index >= 15 is 0 Å². The van der Waals surface area contributed by atoms with E-state index in [1.54, 1.807) is 27.7 Å². The lowest BCUT2D eigenvalue weighted by atomic mass is 10.1. The first-order chi connectivity index (χ1) is 10.3. The summed E-state index contributed by atoms with van der Waals surface area (Å²) in [6.07, 6.45) is 0. The molecule has 0 N–H and O–H groups in total. The van der Waals surface area contributed by atoms with Crippen molar-refractivity contribution in [2.75, 3.05) is 0 Å². The van der Waals surface area contributed by atoms with Crippen molar-refractivity contribution in [2.45, 2.75) is 39.8 Å². The van der Waals surface area contributed by atoms with Crippen LogP contribution in [-0.4, -0.2) is 9.13 Å². The zero-order chi connectivity index (χ0) is 16.3. The van der Waals surface area contributed by atoms with Gasteiger partial charge in [-0.05, 0) is 39.8 Å². The molecular weight excluding hydrogens is 284 g/mol. The van der Waals surface area contributed by atoms with E-state index in [1.165, 1.54) is 12.1 Å². The van der Waals surface area contributed by atoms with Gasteiger partial charge >= 0.3 is 0 Å². The summed E-state index contributed by atoms with van der Waals surface area (Å²) in [5.41, 5.74) is -1.66. The average molecular weight is 300 g/mol. The normalized spacial score (nSPS) is 12.3. The van der Waals surface area contributed by atoms with Crippen LogP contribution in [0.3, 0.4) is 0 Å². The Hall–Kier alpha value is -2.50. The van der Waals surface area contributed by atoms with Crippen molar-refractivity contribution in [3.05, 3.63) is 53.5 Å². The maximum absolute atomic E-state index is 12.3. The molecule has 3 rings (SSSR count). The number of rotatable bonds is 2. The molecule has 0 radical (unpaired) electrons. The van der Waals surface area contributed by atoms with Crippen LogP contribution in [0.1, 0.15) is 39.8 Å².